The standard InChI is InChI=1S/C14H14N2O3S/c1-10(17)19-13(12-6-2-3-7-15-12)14(18)16-9-11-5-4-8-20-11/h2-8,13H,9H2,1H3,(H,16,18). The molecular weight excluding hydrogens is 276 g/mol. The van der Waals surface area contributed by atoms with Crippen LogP contribution in [0.2, 0.25) is 0 Å². The number of carbonyl (C=O) groups is 2. The van der Waals surface area contributed by atoms with E-state index in [1.807, 2.05) is 17.5 Å². The van der Waals surface area contributed by atoms with Crippen molar-refractivity contribution in [2.45, 2.75) is 19.6 Å². The molecule has 0 radical (unpaired) electrons. The fourth-order valence-electron chi connectivity index (χ4n) is 1.63. The van der Waals surface area contributed by atoms with E-state index in [4.69, 9.17) is 4.74 Å². The van der Waals surface area contributed by atoms with Crippen LogP contribution in [0.3, 0.4) is 0 Å². The van der Waals surface area contributed by atoms with Gasteiger partial charge in [-0.25, -0.2) is 0 Å². The molecule has 0 aliphatic carbocycles. The van der Waals surface area contributed by atoms with E-state index in [0.717, 1.165) is 4.88 Å². The van der Waals surface area contributed by atoms with Crippen molar-refractivity contribution in [3.05, 3.63) is 52.5 Å². The molecule has 6 heteroatoms. The van der Waals surface area contributed by atoms with Crippen LogP contribution in [0.15, 0.2) is 41.9 Å². The number of carbonyl (C=O) groups excluding carboxylic acids is 2. The number of nitrogens with one attached hydrogen (secondary N) is 1. The van der Waals surface area contributed by atoms with Crippen molar-refractivity contribution < 1.29 is 14.3 Å². The number of pyridine rings is 1. The van der Waals surface area contributed by atoms with E-state index in [1.165, 1.54) is 6.92 Å². The Labute approximate surface area is 120 Å². The van der Waals surface area contributed by atoms with Crippen LogP contribution < -0.4 is 5.32 Å². The van der Waals surface area contributed by atoms with Crippen LogP contribution in [0, 0.1) is 0 Å². The van der Waals surface area contributed by atoms with E-state index in [-0.39, 0.29) is 5.91 Å². The molecule has 1 atom stereocenters. The van der Waals surface area contributed by atoms with Crippen LogP contribution >= 0.6 is 11.3 Å². The van der Waals surface area contributed by atoms with Gasteiger partial charge in [-0.2, -0.15) is 0 Å². The number of nitrogens with zero attached hydrogens (tertiary/aromatic N) is 1. The topological polar surface area (TPSA) is 68.3 Å². The van der Waals surface area contributed by atoms with Crippen molar-refractivity contribution in [1.82, 2.24) is 10.3 Å². The van der Waals surface area contributed by atoms with Gasteiger partial charge in [0, 0.05) is 18.0 Å². The van der Waals surface area contributed by atoms with Gasteiger partial charge in [0.2, 0.25) is 6.10 Å². The molecule has 2 aromatic heterocycles. The summed E-state index contributed by atoms with van der Waals surface area (Å²) in [6.45, 7) is 1.67. The molecule has 0 aliphatic rings. The van der Waals surface area contributed by atoms with E-state index in [1.54, 1.807) is 35.7 Å². The Kier molecular flexibility index (Phi) is 4.84. The van der Waals surface area contributed by atoms with Gasteiger partial charge in [0.1, 0.15) is 0 Å². The van der Waals surface area contributed by atoms with Gasteiger partial charge in [-0.1, -0.05) is 12.1 Å². The van der Waals surface area contributed by atoms with Crippen molar-refractivity contribution in [2.24, 2.45) is 0 Å². The molecule has 0 saturated carbocycles. The van der Waals surface area contributed by atoms with Crippen molar-refractivity contribution in [1.29, 1.82) is 0 Å². The summed E-state index contributed by atoms with van der Waals surface area (Å²) in [6.07, 6.45) is 0.534. The molecule has 0 spiro atoms. The second-order valence-electron chi connectivity index (χ2n) is 4.04. The van der Waals surface area contributed by atoms with Crippen molar-refractivity contribution in [3.8, 4) is 0 Å². The Bertz CT molecular complexity index is 569. The lowest BCUT2D eigenvalue weighted by molar-refractivity contribution is -0.154. The number of hydrogen-bond acceptors (Lipinski definition) is 5. The van der Waals surface area contributed by atoms with Gasteiger partial charge in [-0.3, -0.25) is 14.6 Å². The fourth-order valence-corrected chi connectivity index (χ4v) is 2.27. The number of rotatable bonds is 5. The maximum Gasteiger partial charge on any atom is 0.303 e. The Morgan fingerprint density at radius 2 is 2.20 bits per heavy atom. The third-order valence-electron chi connectivity index (χ3n) is 2.50. The highest BCUT2D eigenvalue weighted by molar-refractivity contribution is 7.09. The lowest BCUT2D eigenvalue weighted by Crippen LogP contribution is -2.31. The van der Waals surface area contributed by atoms with Crippen LogP contribution in [0.25, 0.3) is 0 Å². The van der Waals surface area contributed by atoms with Gasteiger partial charge in [0.05, 0.1) is 12.2 Å². The van der Waals surface area contributed by atoms with Gasteiger partial charge >= 0.3 is 5.97 Å². The monoisotopic (exact) mass is 290 g/mol. The fraction of sp³-hybridized carbons (Fsp3) is 0.214. The number of amides is 1. The highest BCUT2D eigenvalue weighted by Crippen LogP contribution is 2.16. The number of hydrogen-bond donors (Lipinski definition) is 1. The van der Waals surface area contributed by atoms with Crippen LogP contribution in [0.4, 0.5) is 0 Å². The lowest BCUT2D eigenvalue weighted by atomic mass is 10.2. The van der Waals surface area contributed by atoms with Gasteiger partial charge in [0.15, 0.2) is 0 Å². The molecule has 0 bridgehead atoms. The summed E-state index contributed by atoms with van der Waals surface area (Å²) in [5, 5.41) is 4.68. The highest BCUT2D eigenvalue weighted by Gasteiger charge is 2.24. The summed E-state index contributed by atoms with van der Waals surface area (Å²) in [5.41, 5.74) is 0.409. The zero-order valence-electron chi connectivity index (χ0n) is 10.9. The number of aromatic nitrogens is 1. The van der Waals surface area contributed by atoms with Crippen LogP contribution in [0.1, 0.15) is 23.6 Å². The summed E-state index contributed by atoms with van der Waals surface area (Å²) < 4.78 is 5.06. The third kappa shape index (κ3) is 3.89. The van der Waals surface area contributed by atoms with E-state index in [0.29, 0.717) is 12.2 Å². The summed E-state index contributed by atoms with van der Waals surface area (Å²) in [5.74, 6) is -0.903. The molecule has 104 valence electrons. The molecule has 20 heavy (non-hydrogen) atoms. The number of esters is 1. The molecule has 2 heterocycles. The summed E-state index contributed by atoms with van der Waals surface area (Å²) in [7, 11) is 0. The molecular formula is C14H14N2O3S. The van der Waals surface area contributed by atoms with Crippen molar-refractivity contribution >= 4 is 23.2 Å². The van der Waals surface area contributed by atoms with E-state index in [2.05, 4.69) is 10.3 Å². The first kappa shape index (κ1) is 14.2. The largest absolute Gasteiger partial charge is 0.446 e. The molecule has 5 nitrogen and oxygen atoms in total. The smallest absolute Gasteiger partial charge is 0.303 e. The molecule has 2 aromatic rings. The molecule has 2 rings (SSSR count). The minimum absolute atomic E-state index is 0.382. The first-order chi connectivity index (χ1) is 9.66. The van der Waals surface area contributed by atoms with Crippen LogP contribution in [-0.2, 0) is 20.9 Å². The molecule has 1 amide bonds. The maximum absolute atomic E-state index is 12.2. The van der Waals surface area contributed by atoms with Gasteiger partial charge in [-0.05, 0) is 23.6 Å². The Morgan fingerprint density at radius 3 is 2.80 bits per heavy atom. The van der Waals surface area contributed by atoms with Crippen molar-refractivity contribution in [3.63, 3.8) is 0 Å². The second kappa shape index (κ2) is 6.81. The SMILES string of the molecule is CC(=O)OC(C(=O)NCc1cccs1)c1ccccn1. The van der Waals surface area contributed by atoms with Crippen molar-refractivity contribution in [2.75, 3.05) is 0 Å². The predicted molar refractivity (Wildman–Crippen MR) is 74.9 cm³/mol. The molecule has 1 N–H and O–H groups in total. The van der Waals surface area contributed by atoms with Gasteiger partial charge < -0.3 is 10.1 Å². The average molecular weight is 290 g/mol. The first-order valence-electron chi connectivity index (χ1n) is 6.05. The number of ether oxygens (including phenoxy) is 1. The van der Waals surface area contributed by atoms with Gasteiger partial charge in [0.25, 0.3) is 5.91 Å². The van der Waals surface area contributed by atoms with E-state index >= 15 is 0 Å². The third-order valence-corrected chi connectivity index (χ3v) is 3.37. The quantitative estimate of drug-likeness (QED) is 0.856. The van der Waals surface area contributed by atoms with E-state index < -0.39 is 12.1 Å². The minimum Gasteiger partial charge on any atom is -0.446 e. The molecule has 0 aliphatic heterocycles. The maximum atomic E-state index is 12.2. The Morgan fingerprint density at radius 1 is 1.35 bits per heavy atom. The second-order valence-corrected chi connectivity index (χ2v) is 5.07. The lowest BCUT2D eigenvalue weighted by Gasteiger charge is -2.15. The zero-order valence-corrected chi connectivity index (χ0v) is 11.7. The normalized spacial score (nSPS) is 11.7. The van der Waals surface area contributed by atoms with E-state index in [9.17, 15) is 9.59 Å². The summed E-state index contributed by atoms with van der Waals surface area (Å²) in [4.78, 5) is 28.4. The summed E-state index contributed by atoms with van der Waals surface area (Å²) in [6, 6.07) is 8.96. The molecule has 0 aromatic carbocycles. The molecule has 0 saturated heterocycles. The molecule has 1 unspecified atom stereocenters. The first-order valence-corrected chi connectivity index (χ1v) is 6.93. The van der Waals surface area contributed by atoms with Crippen LogP contribution in [0.5, 0.6) is 0 Å². The summed E-state index contributed by atoms with van der Waals surface area (Å²) >= 11 is 1.55. The zero-order chi connectivity index (χ0) is 14.4. The average Bonchev–Trinajstić information content (AvgIpc) is 2.96. The van der Waals surface area contributed by atoms with Gasteiger partial charge in [-0.15, -0.1) is 11.3 Å². The Balaban J connectivity index is 2.06. The van der Waals surface area contributed by atoms with Crippen LogP contribution in [-0.4, -0.2) is 16.9 Å². The molecule has 0 fully saturated rings. The Hall–Kier alpha value is -2.21. The highest BCUT2D eigenvalue weighted by atomic mass is 32.1. The number of thiophene rings is 1. The minimum atomic E-state index is -1.02. The predicted octanol–water partition coefficient (Wildman–Crippen LogP) is 2.06.